The van der Waals surface area contributed by atoms with Crippen LogP contribution in [0.15, 0.2) is 24.3 Å². The second-order valence-electron chi connectivity index (χ2n) is 6.54. The van der Waals surface area contributed by atoms with Crippen molar-refractivity contribution in [2.75, 3.05) is 6.54 Å². The lowest BCUT2D eigenvalue weighted by Gasteiger charge is -2.37. The van der Waals surface area contributed by atoms with Crippen LogP contribution in [0.2, 0.25) is 0 Å². The molecule has 0 aromatic heterocycles. The lowest BCUT2D eigenvalue weighted by molar-refractivity contribution is 0.219. The van der Waals surface area contributed by atoms with Crippen LogP contribution in [0.4, 0.5) is 4.39 Å². The number of hydrogen-bond donors (Lipinski definition) is 1. The molecule has 0 heterocycles. The summed E-state index contributed by atoms with van der Waals surface area (Å²) < 4.78 is 14.2. The molecule has 2 rings (SSSR count). The first-order valence-corrected chi connectivity index (χ1v) is 8.09. The van der Waals surface area contributed by atoms with Crippen molar-refractivity contribution in [1.29, 1.82) is 0 Å². The van der Waals surface area contributed by atoms with E-state index >= 15 is 0 Å². The molecule has 1 saturated carbocycles. The van der Waals surface area contributed by atoms with Crippen molar-refractivity contribution in [2.24, 2.45) is 11.8 Å². The Bertz CT molecular complexity index is 416. The van der Waals surface area contributed by atoms with Crippen LogP contribution in [0.5, 0.6) is 0 Å². The van der Waals surface area contributed by atoms with E-state index in [1.165, 1.54) is 19.3 Å². The van der Waals surface area contributed by atoms with Crippen LogP contribution < -0.4 is 5.32 Å². The molecule has 1 aromatic carbocycles. The van der Waals surface area contributed by atoms with Gasteiger partial charge in [-0.05, 0) is 48.8 Å². The van der Waals surface area contributed by atoms with Crippen molar-refractivity contribution in [3.8, 4) is 0 Å². The lowest BCUT2D eigenvalue weighted by Crippen LogP contribution is -2.35. The Morgan fingerprint density at radius 2 is 2.00 bits per heavy atom. The van der Waals surface area contributed by atoms with E-state index < -0.39 is 0 Å². The molecule has 1 aromatic rings. The fourth-order valence-electron chi connectivity index (χ4n) is 3.48. The molecule has 0 radical (unpaired) electrons. The monoisotopic (exact) mass is 277 g/mol. The third kappa shape index (κ3) is 3.82. The number of halogens is 1. The summed E-state index contributed by atoms with van der Waals surface area (Å²) in [7, 11) is 0. The van der Waals surface area contributed by atoms with Crippen LogP contribution in [0, 0.1) is 17.7 Å². The zero-order valence-corrected chi connectivity index (χ0v) is 13.0. The molecule has 0 spiro atoms. The van der Waals surface area contributed by atoms with Gasteiger partial charge in [0.15, 0.2) is 0 Å². The van der Waals surface area contributed by atoms with Crippen LogP contribution in [0.1, 0.15) is 57.9 Å². The van der Waals surface area contributed by atoms with Crippen LogP contribution in [-0.2, 0) is 0 Å². The number of hydrogen-bond acceptors (Lipinski definition) is 1. The van der Waals surface area contributed by atoms with Gasteiger partial charge < -0.3 is 5.32 Å². The number of rotatable bonds is 5. The van der Waals surface area contributed by atoms with Crippen LogP contribution in [0.25, 0.3) is 0 Å². The minimum atomic E-state index is -0.0243. The highest BCUT2D eigenvalue weighted by Crippen LogP contribution is 2.42. The first-order valence-electron chi connectivity index (χ1n) is 8.09. The summed E-state index contributed by atoms with van der Waals surface area (Å²) in [6.45, 7) is 7.62. The van der Waals surface area contributed by atoms with Crippen molar-refractivity contribution < 1.29 is 4.39 Å². The van der Waals surface area contributed by atoms with E-state index in [1.54, 1.807) is 12.1 Å². The average molecular weight is 277 g/mol. The van der Waals surface area contributed by atoms with E-state index in [1.807, 2.05) is 12.1 Å². The molecule has 0 bridgehead atoms. The topological polar surface area (TPSA) is 12.0 Å². The summed E-state index contributed by atoms with van der Waals surface area (Å²) >= 11 is 0. The summed E-state index contributed by atoms with van der Waals surface area (Å²) in [6, 6.07) is 7.86. The highest BCUT2D eigenvalue weighted by molar-refractivity contribution is 5.23. The quantitative estimate of drug-likeness (QED) is 0.820. The van der Waals surface area contributed by atoms with Crippen molar-refractivity contribution in [2.45, 2.75) is 58.4 Å². The Morgan fingerprint density at radius 1 is 1.25 bits per heavy atom. The molecule has 1 nitrogen and oxygen atoms in total. The SMILES string of the molecule is CCC1CCC(CNC(C)C)C(c2ccccc2F)C1. The van der Waals surface area contributed by atoms with Gasteiger partial charge in [-0.1, -0.05) is 51.8 Å². The van der Waals surface area contributed by atoms with Crippen LogP contribution in [-0.4, -0.2) is 12.6 Å². The predicted octanol–water partition coefficient (Wildman–Crippen LogP) is 4.73. The van der Waals surface area contributed by atoms with E-state index in [2.05, 4.69) is 26.1 Å². The maximum atomic E-state index is 14.2. The standard InChI is InChI=1S/C18H28FN/c1-4-14-9-10-15(12-20-13(2)3)17(11-14)16-7-5-6-8-18(16)19/h5-8,13-15,17,20H,4,9-12H2,1-3H3. The second kappa shape index (κ2) is 7.21. The van der Waals surface area contributed by atoms with Crippen molar-refractivity contribution in [1.82, 2.24) is 5.32 Å². The molecule has 3 unspecified atom stereocenters. The third-order valence-electron chi connectivity index (χ3n) is 4.77. The molecule has 112 valence electrons. The first kappa shape index (κ1) is 15.5. The minimum absolute atomic E-state index is 0.0243. The molecule has 1 aliphatic carbocycles. The molecular formula is C18H28FN. The van der Waals surface area contributed by atoms with Gasteiger partial charge in [0.25, 0.3) is 0 Å². The van der Waals surface area contributed by atoms with Gasteiger partial charge in [-0.2, -0.15) is 0 Å². The van der Waals surface area contributed by atoms with Gasteiger partial charge in [0.05, 0.1) is 0 Å². The van der Waals surface area contributed by atoms with Gasteiger partial charge in [0.2, 0.25) is 0 Å². The highest BCUT2D eigenvalue weighted by atomic mass is 19.1. The summed E-state index contributed by atoms with van der Waals surface area (Å²) in [5.74, 6) is 1.68. The van der Waals surface area contributed by atoms with Crippen molar-refractivity contribution >= 4 is 0 Å². The Labute approximate surface area is 123 Å². The first-order chi connectivity index (χ1) is 9.61. The van der Waals surface area contributed by atoms with Crippen LogP contribution >= 0.6 is 0 Å². The maximum Gasteiger partial charge on any atom is 0.126 e. The van der Waals surface area contributed by atoms with Crippen molar-refractivity contribution in [3.63, 3.8) is 0 Å². The number of nitrogens with one attached hydrogen (secondary N) is 1. The van der Waals surface area contributed by atoms with Gasteiger partial charge in [-0.15, -0.1) is 0 Å². The molecule has 1 N–H and O–H groups in total. The summed E-state index contributed by atoms with van der Waals surface area (Å²) in [5.41, 5.74) is 0.932. The molecular weight excluding hydrogens is 249 g/mol. The largest absolute Gasteiger partial charge is 0.314 e. The predicted molar refractivity (Wildman–Crippen MR) is 83.4 cm³/mol. The molecule has 20 heavy (non-hydrogen) atoms. The van der Waals surface area contributed by atoms with E-state index in [4.69, 9.17) is 0 Å². The zero-order chi connectivity index (χ0) is 14.5. The smallest absolute Gasteiger partial charge is 0.126 e. The summed E-state index contributed by atoms with van der Waals surface area (Å²) in [6.07, 6.45) is 4.88. The summed E-state index contributed by atoms with van der Waals surface area (Å²) in [5, 5.41) is 3.54. The second-order valence-corrected chi connectivity index (χ2v) is 6.54. The fourth-order valence-corrected chi connectivity index (χ4v) is 3.48. The molecule has 1 fully saturated rings. The van der Waals surface area contributed by atoms with Gasteiger partial charge in [0, 0.05) is 6.04 Å². The Balaban J connectivity index is 2.15. The molecule has 0 aliphatic heterocycles. The van der Waals surface area contributed by atoms with E-state index in [-0.39, 0.29) is 5.82 Å². The molecule has 1 aliphatic rings. The van der Waals surface area contributed by atoms with Gasteiger partial charge in [0.1, 0.15) is 5.82 Å². The average Bonchev–Trinajstić information content (AvgIpc) is 2.45. The zero-order valence-electron chi connectivity index (χ0n) is 13.0. The normalized spacial score (nSPS) is 26.9. The summed E-state index contributed by atoms with van der Waals surface area (Å²) in [4.78, 5) is 0. The van der Waals surface area contributed by atoms with Gasteiger partial charge in [-0.25, -0.2) is 4.39 Å². The van der Waals surface area contributed by atoms with E-state index in [0.29, 0.717) is 17.9 Å². The number of benzene rings is 1. The third-order valence-corrected chi connectivity index (χ3v) is 4.77. The molecule has 2 heteroatoms. The minimum Gasteiger partial charge on any atom is -0.314 e. The lowest BCUT2D eigenvalue weighted by atomic mass is 9.70. The molecule has 0 amide bonds. The Hall–Kier alpha value is -0.890. The van der Waals surface area contributed by atoms with E-state index in [9.17, 15) is 4.39 Å². The van der Waals surface area contributed by atoms with E-state index in [0.717, 1.165) is 24.4 Å². The molecule has 0 saturated heterocycles. The fraction of sp³-hybridized carbons (Fsp3) is 0.667. The van der Waals surface area contributed by atoms with Gasteiger partial charge >= 0.3 is 0 Å². The van der Waals surface area contributed by atoms with Crippen LogP contribution in [0.3, 0.4) is 0 Å². The maximum absolute atomic E-state index is 14.2. The highest BCUT2D eigenvalue weighted by Gasteiger charge is 2.32. The van der Waals surface area contributed by atoms with Crippen molar-refractivity contribution in [3.05, 3.63) is 35.6 Å². The molecule has 3 atom stereocenters. The van der Waals surface area contributed by atoms with Gasteiger partial charge in [-0.3, -0.25) is 0 Å². The Kier molecular flexibility index (Phi) is 5.59. The Morgan fingerprint density at radius 3 is 2.65 bits per heavy atom.